The third-order valence-electron chi connectivity index (χ3n) is 5.23. The Morgan fingerprint density at radius 1 is 1.06 bits per heavy atom. The van der Waals surface area contributed by atoms with Gasteiger partial charge in [0.1, 0.15) is 6.54 Å². The fourth-order valence-corrected chi connectivity index (χ4v) is 6.59. The molecule has 1 aromatic heterocycles. The van der Waals surface area contributed by atoms with Gasteiger partial charge in [-0.1, -0.05) is 58.8 Å². The average molecular weight is 550 g/mol. The van der Waals surface area contributed by atoms with Crippen molar-refractivity contribution >= 4 is 72.1 Å². The van der Waals surface area contributed by atoms with E-state index in [-0.39, 0.29) is 31.5 Å². The summed E-state index contributed by atoms with van der Waals surface area (Å²) in [6, 6.07) is 17.5. The van der Waals surface area contributed by atoms with E-state index in [1.807, 2.05) is 13.8 Å². The van der Waals surface area contributed by atoms with E-state index in [1.54, 1.807) is 47.0 Å². The van der Waals surface area contributed by atoms with Crippen molar-refractivity contribution in [2.45, 2.75) is 24.8 Å². The number of hydrogen-bond acceptors (Lipinski definition) is 5. The van der Waals surface area contributed by atoms with Crippen LogP contribution in [0.25, 0.3) is 10.2 Å². The lowest BCUT2D eigenvalue weighted by Crippen LogP contribution is -2.38. The maximum absolute atomic E-state index is 13.5. The van der Waals surface area contributed by atoms with E-state index < -0.39 is 22.5 Å². The molecule has 11 heteroatoms. The zero-order chi connectivity index (χ0) is 25.3. The van der Waals surface area contributed by atoms with E-state index in [2.05, 4.69) is 5.32 Å². The van der Waals surface area contributed by atoms with Gasteiger partial charge in [0, 0.05) is 11.7 Å². The molecule has 0 bridgehead atoms. The third kappa shape index (κ3) is 5.08. The molecule has 0 spiro atoms. The van der Waals surface area contributed by atoms with Gasteiger partial charge in [-0.25, -0.2) is 8.42 Å². The number of hydrogen-bond donors (Lipinski definition) is 1. The van der Waals surface area contributed by atoms with Crippen molar-refractivity contribution in [1.82, 2.24) is 4.57 Å². The molecule has 0 aliphatic rings. The summed E-state index contributed by atoms with van der Waals surface area (Å²) in [5, 5.41) is 2.90. The van der Waals surface area contributed by atoms with Crippen LogP contribution in [0.4, 0.5) is 11.4 Å². The maximum Gasteiger partial charge on any atom is 0.308 e. The molecule has 0 saturated heterocycles. The molecule has 0 aliphatic carbocycles. The van der Waals surface area contributed by atoms with Gasteiger partial charge in [-0.05, 0) is 56.3 Å². The first-order chi connectivity index (χ1) is 16.6. The smallest absolute Gasteiger partial charge is 0.308 e. The predicted octanol–water partition coefficient (Wildman–Crippen LogP) is 5.78. The number of carbonyl (C=O) groups excluding carboxylic acids is 1. The van der Waals surface area contributed by atoms with E-state index >= 15 is 0 Å². The number of amides is 1. The molecule has 0 atom stereocenters. The summed E-state index contributed by atoms with van der Waals surface area (Å²) in [6.07, 6.45) is 0. The first kappa shape index (κ1) is 25.2. The minimum absolute atomic E-state index is 0.00381. The van der Waals surface area contributed by atoms with Crippen molar-refractivity contribution in [3.63, 3.8) is 0 Å². The van der Waals surface area contributed by atoms with Gasteiger partial charge in [-0.15, -0.1) is 0 Å². The lowest BCUT2D eigenvalue weighted by Gasteiger charge is -2.25. The van der Waals surface area contributed by atoms with Crippen LogP contribution < -0.4 is 14.5 Å². The molecular weight excluding hydrogens is 529 g/mol. The van der Waals surface area contributed by atoms with Crippen molar-refractivity contribution in [3.8, 4) is 0 Å². The molecule has 182 valence electrons. The van der Waals surface area contributed by atoms with Gasteiger partial charge in [0.25, 0.3) is 10.0 Å². The quantitative estimate of drug-likeness (QED) is 0.316. The molecule has 4 aromatic rings. The number of sulfonamides is 1. The van der Waals surface area contributed by atoms with Crippen molar-refractivity contribution in [2.24, 2.45) is 0 Å². The van der Waals surface area contributed by atoms with Crippen molar-refractivity contribution in [1.29, 1.82) is 0 Å². The molecule has 7 nitrogen and oxygen atoms in total. The molecule has 0 unspecified atom stereocenters. The van der Waals surface area contributed by atoms with Crippen molar-refractivity contribution < 1.29 is 13.2 Å². The fraction of sp³-hybridized carbons (Fsp3) is 0.167. The largest absolute Gasteiger partial charge is 0.324 e. The molecule has 1 heterocycles. The number of carbonyl (C=O) groups is 1. The molecule has 4 rings (SSSR count). The highest BCUT2D eigenvalue weighted by atomic mass is 35.5. The van der Waals surface area contributed by atoms with Crippen LogP contribution in [0.15, 0.2) is 76.4 Å². The summed E-state index contributed by atoms with van der Waals surface area (Å²) in [7, 11) is -4.14. The third-order valence-corrected chi connectivity index (χ3v) is 8.73. The molecule has 3 aromatic carbocycles. The summed E-state index contributed by atoms with van der Waals surface area (Å²) in [4.78, 5) is 25.3. The van der Waals surface area contributed by atoms with Gasteiger partial charge in [0.05, 0.1) is 30.8 Å². The molecule has 0 saturated carbocycles. The molecule has 35 heavy (non-hydrogen) atoms. The van der Waals surface area contributed by atoms with Gasteiger partial charge >= 0.3 is 4.87 Å². The molecule has 0 radical (unpaired) electrons. The molecular formula is C24H21Cl2N3O4S2. The highest BCUT2D eigenvalue weighted by Crippen LogP contribution is 2.35. The van der Waals surface area contributed by atoms with Gasteiger partial charge in [0.15, 0.2) is 0 Å². The summed E-state index contributed by atoms with van der Waals surface area (Å²) < 4.78 is 30.3. The van der Waals surface area contributed by atoms with Crippen LogP contribution in [0.1, 0.15) is 19.9 Å². The monoisotopic (exact) mass is 549 g/mol. The maximum atomic E-state index is 13.5. The SMILES string of the molecule is CC(C)n1c(=O)sc2cc(NC(=O)CN(c3cccc(Cl)c3Cl)S(=O)(=O)c3ccccc3)ccc21. The number of thiazole rings is 1. The number of fused-ring (bicyclic) bond motifs is 1. The number of nitrogens with one attached hydrogen (secondary N) is 1. The Morgan fingerprint density at radius 3 is 2.46 bits per heavy atom. The van der Waals surface area contributed by atoms with Crippen molar-refractivity contribution in [3.05, 3.63) is 86.4 Å². The highest BCUT2D eigenvalue weighted by molar-refractivity contribution is 7.92. The second-order valence-corrected chi connectivity index (χ2v) is 11.6. The molecule has 0 fully saturated rings. The number of benzene rings is 3. The number of aromatic nitrogens is 1. The van der Waals surface area contributed by atoms with Crippen LogP contribution in [0, 0.1) is 0 Å². The Labute approximate surface area is 216 Å². The summed E-state index contributed by atoms with van der Waals surface area (Å²) in [6.45, 7) is 3.30. The van der Waals surface area contributed by atoms with E-state index in [9.17, 15) is 18.0 Å². The van der Waals surface area contributed by atoms with Crippen LogP contribution in [0.5, 0.6) is 0 Å². The fourth-order valence-electron chi connectivity index (χ4n) is 3.64. The van der Waals surface area contributed by atoms with E-state index in [1.165, 1.54) is 24.3 Å². The number of nitrogens with zero attached hydrogens (tertiary/aromatic N) is 2. The first-order valence-electron chi connectivity index (χ1n) is 10.6. The molecule has 1 amide bonds. The summed E-state index contributed by atoms with van der Waals surface area (Å²) in [5.41, 5.74) is 1.29. The van der Waals surface area contributed by atoms with E-state index in [0.29, 0.717) is 10.4 Å². The minimum Gasteiger partial charge on any atom is -0.324 e. The normalized spacial score (nSPS) is 11.7. The zero-order valence-electron chi connectivity index (χ0n) is 18.7. The van der Waals surface area contributed by atoms with Gasteiger partial charge in [-0.2, -0.15) is 0 Å². The average Bonchev–Trinajstić information content (AvgIpc) is 3.15. The summed E-state index contributed by atoms with van der Waals surface area (Å²) in [5.74, 6) is -0.587. The second-order valence-electron chi connectivity index (χ2n) is 7.96. The highest BCUT2D eigenvalue weighted by Gasteiger charge is 2.29. The lowest BCUT2D eigenvalue weighted by atomic mass is 10.2. The van der Waals surface area contributed by atoms with Gasteiger partial charge < -0.3 is 5.32 Å². The number of anilines is 2. The van der Waals surface area contributed by atoms with Crippen molar-refractivity contribution in [2.75, 3.05) is 16.2 Å². The summed E-state index contributed by atoms with van der Waals surface area (Å²) >= 11 is 13.5. The topological polar surface area (TPSA) is 88.5 Å². The van der Waals surface area contributed by atoms with Crippen LogP contribution in [0.3, 0.4) is 0 Å². The van der Waals surface area contributed by atoms with E-state index in [4.69, 9.17) is 23.2 Å². The van der Waals surface area contributed by atoms with Crippen LogP contribution in [0.2, 0.25) is 10.0 Å². The Kier molecular flexibility index (Phi) is 7.23. The van der Waals surface area contributed by atoms with Gasteiger partial charge in [0.2, 0.25) is 5.91 Å². The van der Waals surface area contributed by atoms with Gasteiger partial charge in [-0.3, -0.25) is 18.5 Å². The number of halogens is 2. The minimum atomic E-state index is -4.14. The Morgan fingerprint density at radius 2 is 1.77 bits per heavy atom. The number of rotatable bonds is 7. The zero-order valence-corrected chi connectivity index (χ0v) is 21.9. The predicted molar refractivity (Wildman–Crippen MR) is 143 cm³/mol. The second kappa shape index (κ2) is 10.0. The van der Waals surface area contributed by atoms with Crippen LogP contribution in [-0.4, -0.2) is 25.4 Å². The van der Waals surface area contributed by atoms with E-state index in [0.717, 1.165) is 21.2 Å². The molecule has 0 aliphatic heterocycles. The molecule has 1 N–H and O–H groups in total. The standard InChI is InChI=1S/C24H21Cl2N3O4S2/c1-15(2)29-19-12-11-16(13-21(19)34-24(29)31)27-22(30)14-28(20-10-6-9-18(25)23(20)26)35(32,33)17-7-4-3-5-8-17/h3-13,15H,14H2,1-2H3,(H,27,30). The Balaban J connectivity index is 1.68. The Bertz CT molecular complexity index is 1560. The van der Waals surface area contributed by atoms with Crippen LogP contribution in [-0.2, 0) is 14.8 Å². The first-order valence-corrected chi connectivity index (χ1v) is 13.6. The lowest BCUT2D eigenvalue weighted by molar-refractivity contribution is -0.114. The Hall–Kier alpha value is -2.85. The van der Waals surface area contributed by atoms with Crippen LogP contribution >= 0.6 is 34.5 Å².